The molecule has 0 bridgehead atoms. The van der Waals surface area contributed by atoms with Crippen molar-refractivity contribution >= 4 is 35.6 Å². The van der Waals surface area contributed by atoms with Gasteiger partial charge in [0.2, 0.25) is 5.91 Å². The van der Waals surface area contributed by atoms with E-state index in [4.69, 9.17) is 11.6 Å². The van der Waals surface area contributed by atoms with Crippen molar-refractivity contribution in [1.29, 1.82) is 0 Å². The molecule has 0 saturated heterocycles. The third-order valence-corrected chi connectivity index (χ3v) is 1.81. The highest BCUT2D eigenvalue weighted by atomic mass is 35.5. The summed E-state index contributed by atoms with van der Waals surface area (Å²) < 4.78 is 0. The number of aromatic hydroxyl groups is 1. The summed E-state index contributed by atoms with van der Waals surface area (Å²) in [6.45, 7) is 0.196. The Morgan fingerprint density at radius 2 is 2.20 bits per heavy atom. The van der Waals surface area contributed by atoms with Crippen molar-refractivity contribution in [2.75, 3.05) is 18.9 Å². The number of benzene rings is 1. The first-order chi connectivity index (χ1) is 6.63. The average molecular weight is 251 g/mol. The van der Waals surface area contributed by atoms with Crippen LogP contribution >= 0.6 is 24.0 Å². The molecule has 1 rings (SSSR count). The maximum Gasteiger partial charge on any atom is 0.238 e. The van der Waals surface area contributed by atoms with Gasteiger partial charge in [0.25, 0.3) is 0 Å². The third kappa shape index (κ3) is 4.38. The average Bonchev–Trinajstić information content (AvgIpc) is 2.10. The number of anilines is 1. The van der Waals surface area contributed by atoms with Crippen LogP contribution in [0.3, 0.4) is 0 Å². The Morgan fingerprint density at radius 3 is 2.73 bits per heavy atom. The minimum atomic E-state index is -0.217. The Kier molecular flexibility index (Phi) is 6.08. The Morgan fingerprint density at radius 1 is 1.53 bits per heavy atom. The van der Waals surface area contributed by atoms with Gasteiger partial charge in [0.1, 0.15) is 5.75 Å². The molecule has 0 aliphatic rings. The van der Waals surface area contributed by atoms with Gasteiger partial charge in [0.15, 0.2) is 0 Å². The molecule has 0 heterocycles. The topological polar surface area (TPSA) is 61.4 Å². The third-order valence-electron chi connectivity index (χ3n) is 1.57. The fourth-order valence-corrected chi connectivity index (χ4v) is 1.13. The van der Waals surface area contributed by atoms with Crippen LogP contribution < -0.4 is 10.6 Å². The summed E-state index contributed by atoms with van der Waals surface area (Å²) in [5.41, 5.74) is 0.356. The first-order valence-electron chi connectivity index (χ1n) is 4.06. The Hall–Kier alpha value is -0.970. The molecule has 6 heteroatoms. The molecule has 84 valence electrons. The zero-order chi connectivity index (χ0) is 10.6. The minimum absolute atomic E-state index is 0. The predicted molar refractivity (Wildman–Crippen MR) is 62.9 cm³/mol. The zero-order valence-corrected chi connectivity index (χ0v) is 9.65. The highest BCUT2D eigenvalue weighted by Gasteiger charge is 2.05. The molecular weight excluding hydrogens is 239 g/mol. The van der Waals surface area contributed by atoms with Gasteiger partial charge in [-0.2, -0.15) is 0 Å². The number of phenols is 1. The van der Waals surface area contributed by atoms with Crippen molar-refractivity contribution in [3.8, 4) is 5.75 Å². The number of halogens is 2. The van der Waals surface area contributed by atoms with E-state index in [2.05, 4.69) is 10.6 Å². The molecule has 0 aromatic heterocycles. The molecule has 3 N–H and O–H groups in total. The second-order valence-electron chi connectivity index (χ2n) is 2.74. The maximum atomic E-state index is 11.1. The van der Waals surface area contributed by atoms with Crippen molar-refractivity contribution in [3.63, 3.8) is 0 Å². The highest BCUT2D eigenvalue weighted by Crippen LogP contribution is 2.26. The SMILES string of the molecule is CNCC(=O)Nc1ccc(Cl)cc1O.Cl. The number of hydrogen-bond acceptors (Lipinski definition) is 3. The van der Waals surface area contributed by atoms with Gasteiger partial charge >= 0.3 is 0 Å². The molecule has 15 heavy (non-hydrogen) atoms. The molecule has 0 aliphatic heterocycles. The number of phenolic OH excluding ortho intramolecular Hbond substituents is 1. The van der Waals surface area contributed by atoms with Crippen LogP contribution in [0.15, 0.2) is 18.2 Å². The summed E-state index contributed by atoms with van der Waals surface area (Å²) in [6, 6.07) is 4.51. The Labute approximate surface area is 99.0 Å². The summed E-state index contributed by atoms with van der Waals surface area (Å²) in [7, 11) is 1.67. The number of likely N-dealkylation sites (N-methyl/N-ethyl adjacent to an activating group) is 1. The van der Waals surface area contributed by atoms with Gasteiger partial charge in [0, 0.05) is 11.1 Å². The molecule has 1 amide bonds. The van der Waals surface area contributed by atoms with Gasteiger partial charge in [-0.25, -0.2) is 0 Å². The van der Waals surface area contributed by atoms with E-state index >= 15 is 0 Å². The van der Waals surface area contributed by atoms with Crippen LogP contribution in [0, 0.1) is 0 Å². The van der Waals surface area contributed by atoms with Gasteiger partial charge in [-0.15, -0.1) is 12.4 Å². The molecule has 1 aromatic rings. The molecule has 0 spiro atoms. The fourth-order valence-electron chi connectivity index (χ4n) is 0.965. The van der Waals surface area contributed by atoms with Crippen molar-refractivity contribution in [2.45, 2.75) is 0 Å². The van der Waals surface area contributed by atoms with Gasteiger partial charge in [0.05, 0.1) is 12.2 Å². The van der Waals surface area contributed by atoms with Crippen LogP contribution in [0.2, 0.25) is 5.02 Å². The number of carbonyl (C=O) groups is 1. The maximum absolute atomic E-state index is 11.1. The zero-order valence-electron chi connectivity index (χ0n) is 8.08. The van der Waals surface area contributed by atoms with E-state index in [1.165, 1.54) is 6.07 Å². The fraction of sp³-hybridized carbons (Fsp3) is 0.222. The number of hydrogen-bond donors (Lipinski definition) is 3. The first-order valence-corrected chi connectivity index (χ1v) is 4.44. The molecule has 0 fully saturated rings. The molecular formula is C9H12Cl2N2O2. The van der Waals surface area contributed by atoms with Gasteiger partial charge in [-0.1, -0.05) is 11.6 Å². The van der Waals surface area contributed by atoms with E-state index in [1.54, 1.807) is 19.2 Å². The summed E-state index contributed by atoms with van der Waals surface area (Å²) in [6.07, 6.45) is 0. The Balaban J connectivity index is 0.00000196. The van der Waals surface area contributed by atoms with E-state index in [0.29, 0.717) is 10.7 Å². The number of carbonyl (C=O) groups excluding carboxylic acids is 1. The van der Waals surface area contributed by atoms with Crippen LogP contribution in [0.5, 0.6) is 5.75 Å². The smallest absolute Gasteiger partial charge is 0.238 e. The lowest BCUT2D eigenvalue weighted by molar-refractivity contribution is -0.115. The van der Waals surface area contributed by atoms with Gasteiger partial charge < -0.3 is 15.7 Å². The standard InChI is InChI=1S/C9H11ClN2O2.ClH/c1-11-5-9(14)12-7-3-2-6(10)4-8(7)13;/h2-4,11,13H,5H2,1H3,(H,12,14);1H. The molecule has 1 aromatic carbocycles. The molecule has 0 unspecified atom stereocenters. The molecule has 0 saturated carbocycles. The van der Waals surface area contributed by atoms with Gasteiger partial charge in [-0.05, 0) is 19.2 Å². The summed E-state index contributed by atoms with van der Waals surface area (Å²) in [5, 5.41) is 15.0. The van der Waals surface area contributed by atoms with Crippen molar-refractivity contribution < 1.29 is 9.90 Å². The summed E-state index contributed by atoms with van der Waals surface area (Å²) in [4.78, 5) is 11.1. The molecule has 0 atom stereocenters. The van der Waals surface area contributed by atoms with Crippen LogP contribution in [0.25, 0.3) is 0 Å². The summed E-state index contributed by atoms with van der Waals surface area (Å²) >= 11 is 5.63. The summed E-state index contributed by atoms with van der Waals surface area (Å²) in [5.74, 6) is -0.257. The molecule has 0 radical (unpaired) electrons. The lowest BCUT2D eigenvalue weighted by Crippen LogP contribution is -2.25. The van der Waals surface area contributed by atoms with Gasteiger partial charge in [-0.3, -0.25) is 4.79 Å². The predicted octanol–water partition coefficient (Wildman–Crippen LogP) is 1.63. The first kappa shape index (κ1) is 14.0. The molecule has 4 nitrogen and oxygen atoms in total. The van der Waals surface area contributed by atoms with Crippen LogP contribution in [-0.4, -0.2) is 24.6 Å². The largest absolute Gasteiger partial charge is 0.506 e. The quantitative estimate of drug-likeness (QED) is 0.715. The number of nitrogens with one attached hydrogen (secondary N) is 2. The second-order valence-corrected chi connectivity index (χ2v) is 3.18. The van der Waals surface area contributed by atoms with Crippen LogP contribution in [0.1, 0.15) is 0 Å². The molecule has 0 aliphatic carbocycles. The van der Waals surface area contributed by atoms with E-state index in [1.807, 2.05) is 0 Å². The monoisotopic (exact) mass is 250 g/mol. The highest BCUT2D eigenvalue weighted by molar-refractivity contribution is 6.30. The van der Waals surface area contributed by atoms with Crippen LogP contribution in [-0.2, 0) is 4.79 Å². The Bertz CT molecular complexity index is 345. The lowest BCUT2D eigenvalue weighted by Gasteiger charge is -2.06. The van der Waals surface area contributed by atoms with Crippen LogP contribution in [0.4, 0.5) is 5.69 Å². The van der Waals surface area contributed by atoms with E-state index in [0.717, 1.165) is 0 Å². The van der Waals surface area contributed by atoms with Crippen molar-refractivity contribution in [1.82, 2.24) is 5.32 Å². The van der Waals surface area contributed by atoms with Crippen molar-refractivity contribution in [3.05, 3.63) is 23.2 Å². The van der Waals surface area contributed by atoms with E-state index in [-0.39, 0.29) is 30.6 Å². The van der Waals surface area contributed by atoms with E-state index < -0.39 is 0 Å². The number of rotatable bonds is 3. The number of amides is 1. The minimum Gasteiger partial charge on any atom is -0.506 e. The van der Waals surface area contributed by atoms with E-state index in [9.17, 15) is 9.90 Å². The van der Waals surface area contributed by atoms with Crippen molar-refractivity contribution in [2.24, 2.45) is 0 Å². The second kappa shape index (κ2) is 6.50. The lowest BCUT2D eigenvalue weighted by atomic mass is 10.3. The normalized spacial score (nSPS) is 9.20.